The molecule has 5 nitrogen and oxygen atoms in total. The molecule has 23 heavy (non-hydrogen) atoms. The molecule has 0 aliphatic heterocycles. The third-order valence-corrected chi connectivity index (χ3v) is 3.99. The molecule has 0 amide bonds. The van der Waals surface area contributed by atoms with Gasteiger partial charge in [0.15, 0.2) is 5.65 Å². The molecular weight excluding hydrogens is 288 g/mol. The van der Waals surface area contributed by atoms with Gasteiger partial charge in [-0.25, -0.2) is 4.98 Å². The molecule has 3 rings (SSSR count). The van der Waals surface area contributed by atoms with Crippen molar-refractivity contribution >= 4 is 11.0 Å². The van der Waals surface area contributed by atoms with Crippen molar-refractivity contribution in [1.82, 2.24) is 19.7 Å². The Bertz CT molecular complexity index is 782. The van der Waals surface area contributed by atoms with Gasteiger partial charge in [-0.2, -0.15) is 5.10 Å². The van der Waals surface area contributed by atoms with E-state index in [2.05, 4.69) is 33.2 Å². The number of aliphatic hydroxyl groups excluding tert-OH is 1. The Kier molecular flexibility index (Phi) is 4.69. The van der Waals surface area contributed by atoms with Gasteiger partial charge in [0.2, 0.25) is 0 Å². The van der Waals surface area contributed by atoms with E-state index in [4.69, 9.17) is 0 Å². The van der Waals surface area contributed by atoms with Gasteiger partial charge in [-0.05, 0) is 24.1 Å². The predicted octanol–water partition coefficient (Wildman–Crippen LogP) is 2.27. The first kappa shape index (κ1) is 15.6. The first-order valence-corrected chi connectivity index (χ1v) is 7.82. The van der Waals surface area contributed by atoms with Gasteiger partial charge < -0.3 is 5.11 Å². The number of fused-ring (bicyclic) bond motifs is 1. The normalized spacial score (nSPS) is 11.5. The summed E-state index contributed by atoms with van der Waals surface area (Å²) in [7, 11) is 1.91. The van der Waals surface area contributed by atoms with Gasteiger partial charge in [0.1, 0.15) is 0 Å². The zero-order valence-electron chi connectivity index (χ0n) is 13.6. The second kappa shape index (κ2) is 6.89. The molecule has 0 saturated heterocycles. The number of aliphatic hydroxyl groups is 1. The van der Waals surface area contributed by atoms with Crippen LogP contribution in [-0.4, -0.2) is 37.9 Å². The van der Waals surface area contributed by atoms with Crippen molar-refractivity contribution in [1.29, 1.82) is 0 Å². The number of hydrogen-bond acceptors (Lipinski definition) is 4. The molecule has 3 aromatic rings. The van der Waals surface area contributed by atoms with Crippen LogP contribution in [0.4, 0.5) is 0 Å². The third kappa shape index (κ3) is 3.57. The minimum absolute atomic E-state index is 0.147. The molecule has 0 aliphatic carbocycles. The van der Waals surface area contributed by atoms with Crippen LogP contribution in [0.5, 0.6) is 0 Å². The van der Waals surface area contributed by atoms with Crippen LogP contribution in [0.15, 0.2) is 42.6 Å². The molecule has 0 radical (unpaired) electrons. The fourth-order valence-electron chi connectivity index (χ4n) is 2.89. The molecule has 0 saturated carbocycles. The predicted molar refractivity (Wildman–Crippen MR) is 90.9 cm³/mol. The summed E-state index contributed by atoms with van der Waals surface area (Å²) in [6.07, 6.45) is 1.90. The first-order chi connectivity index (χ1) is 11.2. The summed E-state index contributed by atoms with van der Waals surface area (Å²) >= 11 is 0. The van der Waals surface area contributed by atoms with E-state index >= 15 is 0 Å². The van der Waals surface area contributed by atoms with Crippen LogP contribution in [-0.2, 0) is 20.1 Å². The van der Waals surface area contributed by atoms with Crippen molar-refractivity contribution in [2.45, 2.75) is 20.0 Å². The summed E-state index contributed by atoms with van der Waals surface area (Å²) in [4.78, 5) is 6.76. The van der Waals surface area contributed by atoms with Gasteiger partial charge in [0.05, 0.1) is 12.3 Å². The van der Waals surface area contributed by atoms with Crippen LogP contribution in [0.25, 0.3) is 11.0 Å². The molecular formula is C18H22N4O. The Morgan fingerprint density at radius 1 is 1.13 bits per heavy atom. The quantitative estimate of drug-likeness (QED) is 0.759. The highest BCUT2D eigenvalue weighted by Gasteiger charge is 2.10. The molecule has 0 fully saturated rings. The lowest BCUT2D eigenvalue weighted by Gasteiger charge is -2.21. The Balaban J connectivity index is 1.80. The standard InChI is InChI=1S/C18H22N4O/c1-14-17-10-16(11-19-18(17)21(2)20-14)13-22(8-9-23)12-15-6-4-3-5-7-15/h3-7,10-11,23H,8-9,12-13H2,1-2H3. The molecule has 2 heterocycles. The van der Waals surface area contributed by atoms with E-state index < -0.39 is 0 Å². The minimum atomic E-state index is 0.147. The molecule has 120 valence electrons. The molecule has 1 N–H and O–H groups in total. The van der Waals surface area contributed by atoms with E-state index in [1.54, 1.807) is 0 Å². The highest BCUT2D eigenvalue weighted by Crippen LogP contribution is 2.18. The van der Waals surface area contributed by atoms with Crippen LogP contribution in [0.1, 0.15) is 16.8 Å². The summed E-state index contributed by atoms with van der Waals surface area (Å²) in [6.45, 7) is 4.36. The molecule has 0 spiro atoms. The van der Waals surface area contributed by atoms with Gasteiger partial charge in [-0.15, -0.1) is 0 Å². The largest absolute Gasteiger partial charge is 0.395 e. The van der Waals surface area contributed by atoms with E-state index in [9.17, 15) is 5.11 Å². The number of rotatable bonds is 6. The van der Waals surface area contributed by atoms with Crippen molar-refractivity contribution in [3.8, 4) is 0 Å². The van der Waals surface area contributed by atoms with Gasteiger partial charge >= 0.3 is 0 Å². The van der Waals surface area contributed by atoms with E-state index in [0.717, 1.165) is 35.4 Å². The zero-order chi connectivity index (χ0) is 16.2. The van der Waals surface area contributed by atoms with Crippen molar-refractivity contribution in [2.24, 2.45) is 7.05 Å². The highest BCUT2D eigenvalue weighted by atomic mass is 16.3. The van der Waals surface area contributed by atoms with Crippen LogP contribution in [0.2, 0.25) is 0 Å². The van der Waals surface area contributed by atoms with Crippen molar-refractivity contribution in [3.63, 3.8) is 0 Å². The molecule has 5 heteroatoms. The number of hydrogen-bond donors (Lipinski definition) is 1. The number of aryl methyl sites for hydroxylation is 2. The lowest BCUT2D eigenvalue weighted by molar-refractivity contribution is 0.184. The summed E-state index contributed by atoms with van der Waals surface area (Å²) in [6, 6.07) is 12.5. The molecule has 0 atom stereocenters. The third-order valence-electron chi connectivity index (χ3n) is 3.99. The topological polar surface area (TPSA) is 54.2 Å². The summed E-state index contributed by atoms with van der Waals surface area (Å²) in [5, 5.41) is 14.8. The van der Waals surface area contributed by atoms with E-state index in [1.165, 1.54) is 5.56 Å². The van der Waals surface area contributed by atoms with Crippen LogP contribution in [0.3, 0.4) is 0 Å². The maximum Gasteiger partial charge on any atom is 0.157 e. The van der Waals surface area contributed by atoms with E-state index in [-0.39, 0.29) is 6.61 Å². The molecule has 0 aliphatic rings. The Morgan fingerprint density at radius 3 is 2.61 bits per heavy atom. The number of pyridine rings is 1. The van der Waals surface area contributed by atoms with E-state index in [0.29, 0.717) is 6.54 Å². The Morgan fingerprint density at radius 2 is 1.87 bits per heavy atom. The van der Waals surface area contributed by atoms with Crippen molar-refractivity contribution in [3.05, 3.63) is 59.4 Å². The lowest BCUT2D eigenvalue weighted by Crippen LogP contribution is -2.26. The summed E-state index contributed by atoms with van der Waals surface area (Å²) in [5.74, 6) is 0. The monoisotopic (exact) mass is 310 g/mol. The highest BCUT2D eigenvalue weighted by molar-refractivity contribution is 5.78. The Hall–Kier alpha value is -2.24. The summed E-state index contributed by atoms with van der Waals surface area (Å²) < 4.78 is 1.81. The van der Waals surface area contributed by atoms with Crippen LogP contribution < -0.4 is 0 Å². The molecule has 0 bridgehead atoms. The number of nitrogens with zero attached hydrogens (tertiary/aromatic N) is 4. The number of aromatic nitrogens is 3. The van der Waals surface area contributed by atoms with E-state index in [1.807, 2.05) is 43.0 Å². The average Bonchev–Trinajstić information content (AvgIpc) is 2.83. The average molecular weight is 310 g/mol. The van der Waals surface area contributed by atoms with Crippen LogP contribution >= 0.6 is 0 Å². The SMILES string of the molecule is Cc1nn(C)c2ncc(CN(CCO)Cc3ccccc3)cc12. The smallest absolute Gasteiger partial charge is 0.157 e. The van der Waals surface area contributed by atoms with Crippen molar-refractivity contribution in [2.75, 3.05) is 13.2 Å². The zero-order valence-corrected chi connectivity index (χ0v) is 13.6. The van der Waals surface area contributed by atoms with Crippen LogP contribution in [0, 0.1) is 6.92 Å². The second-order valence-electron chi connectivity index (χ2n) is 5.84. The molecule has 2 aromatic heterocycles. The fourth-order valence-corrected chi connectivity index (χ4v) is 2.89. The van der Waals surface area contributed by atoms with Gasteiger partial charge in [0.25, 0.3) is 0 Å². The maximum atomic E-state index is 9.34. The van der Waals surface area contributed by atoms with Gasteiger partial charge in [0, 0.05) is 38.3 Å². The maximum absolute atomic E-state index is 9.34. The van der Waals surface area contributed by atoms with Gasteiger partial charge in [-0.1, -0.05) is 30.3 Å². The second-order valence-corrected chi connectivity index (χ2v) is 5.84. The summed E-state index contributed by atoms with van der Waals surface area (Å²) in [5.41, 5.74) is 4.28. The lowest BCUT2D eigenvalue weighted by atomic mass is 10.1. The van der Waals surface area contributed by atoms with Gasteiger partial charge in [-0.3, -0.25) is 9.58 Å². The number of benzene rings is 1. The fraction of sp³-hybridized carbons (Fsp3) is 0.333. The van der Waals surface area contributed by atoms with Crippen molar-refractivity contribution < 1.29 is 5.11 Å². The molecule has 1 aromatic carbocycles. The minimum Gasteiger partial charge on any atom is -0.395 e. The first-order valence-electron chi connectivity index (χ1n) is 7.82. The molecule has 0 unspecified atom stereocenters. The Labute approximate surface area is 136 Å².